The lowest BCUT2D eigenvalue weighted by Gasteiger charge is -2.29. The molecular formula is C24H28N4O4. The number of aryl methyl sites for hydroxylation is 1. The number of ketones is 1. The molecule has 1 aliphatic rings. The Morgan fingerprint density at radius 1 is 1.25 bits per heavy atom. The second-order valence-electron chi connectivity index (χ2n) is 8.12. The molecule has 2 N–H and O–H groups in total. The van der Waals surface area contributed by atoms with Gasteiger partial charge in [0.25, 0.3) is 5.56 Å². The van der Waals surface area contributed by atoms with E-state index >= 15 is 0 Å². The summed E-state index contributed by atoms with van der Waals surface area (Å²) in [5.74, 6) is 0.273. The molecule has 8 heteroatoms. The second kappa shape index (κ2) is 9.10. The Labute approximate surface area is 186 Å². The SMILES string of the molecule is Cc1cc(C(C)Nc2ccccc2C(=O)CO)c2nc(N3CCOCC3)n(C)c(=O)c2c1. The fourth-order valence-corrected chi connectivity index (χ4v) is 4.17. The van der Waals surface area contributed by atoms with Crippen LogP contribution in [0.15, 0.2) is 41.2 Å². The van der Waals surface area contributed by atoms with Gasteiger partial charge in [0.05, 0.1) is 30.2 Å². The Morgan fingerprint density at radius 3 is 2.69 bits per heavy atom. The highest BCUT2D eigenvalue weighted by molar-refractivity contribution is 6.02. The fourth-order valence-electron chi connectivity index (χ4n) is 4.17. The van der Waals surface area contributed by atoms with Crippen molar-refractivity contribution in [2.75, 3.05) is 43.1 Å². The summed E-state index contributed by atoms with van der Waals surface area (Å²) in [5, 5.41) is 13.3. The third-order valence-electron chi connectivity index (χ3n) is 5.83. The number of hydrogen-bond donors (Lipinski definition) is 2. The van der Waals surface area contributed by atoms with Crippen LogP contribution in [0.2, 0.25) is 0 Å². The van der Waals surface area contributed by atoms with Gasteiger partial charge < -0.3 is 20.1 Å². The lowest BCUT2D eigenvalue weighted by atomic mass is 10.00. The molecule has 1 atom stereocenters. The first-order valence-corrected chi connectivity index (χ1v) is 10.7. The summed E-state index contributed by atoms with van der Waals surface area (Å²) in [6.45, 7) is 5.93. The molecule has 1 aromatic heterocycles. The van der Waals surface area contributed by atoms with Crippen molar-refractivity contribution in [3.8, 4) is 0 Å². The second-order valence-corrected chi connectivity index (χ2v) is 8.12. The smallest absolute Gasteiger partial charge is 0.262 e. The lowest BCUT2D eigenvalue weighted by Crippen LogP contribution is -2.40. The molecular weight excluding hydrogens is 408 g/mol. The molecule has 1 saturated heterocycles. The van der Waals surface area contributed by atoms with Crippen molar-refractivity contribution in [1.29, 1.82) is 0 Å². The highest BCUT2D eigenvalue weighted by Crippen LogP contribution is 2.29. The molecule has 1 unspecified atom stereocenters. The summed E-state index contributed by atoms with van der Waals surface area (Å²) in [6.07, 6.45) is 0. The normalized spacial score (nSPS) is 15.1. The molecule has 0 bridgehead atoms. The number of carbonyl (C=O) groups is 1. The summed E-state index contributed by atoms with van der Waals surface area (Å²) < 4.78 is 7.05. The van der Waals surface area contributed by atoms with E-state index in [-0.39, 0.29) is 17.4 Å². The number of aromatic nitrogens is 2. The molecule has 0 spiro atoms. The van der Waals surface area contributed by atoms with Gasteiger partial charge in [-0.2, -0.15) is 0 Å². The first-order chi connectivity index (χ1) is 15.4. The molecule has 0 saturated carbocycles. The van der Waals surface area contributed by atoms with E-state index in [1.807, 2.05) is 38.1 Å². The maximum absolute atomic E-state index is 13.2. The van der Waals surface area contributed by atoms with Gasteiger partial charge in [0.2, 0.25) is 5.95 Å². The van der Waals surface area contributed by atoms with Gasteiger partial charge in [-0.15, -0.1) is 0 Å². The number of hydrogen-bond acceptors (Lipinski definition) is 7. The topological polar surface area (TPSA) is 96.7 Å². The van der Waals surface area contributed by atoms with Crippen molar-refractivity contribution >= 4 is 28.3 Å². The number of morpholine rings is 1. The van der Waals surface area contributed by atoms with Crippen LogP contribution >= 0.6 is 0 Å². The van der Waals surface area contributed by atoms with Crippen LogP contribution in [0.5, 0.6) is 0 Å². The van der Waals surface area contributed by atoms with E-state index in [1.54, 1.807) is 23.7 Å². The molecule has 1 fully saturated rings. The molecule has 0 radical (unpaired) electrons. The summed E-state index contributed by atoms with van der Waals surface area (Å²) in [7, 11) is 1.75. The Balaban J connectivity index is 1.81. The predicted molar refractivity (Wildman–Crippen MR) is 125 cm³/mol. The van der Waals surface area contributed by atoms with Crippen LogP contribution in [-0.2, 0) is 11.8 Å². The number of fused-ring (bicyclic) bond motifs is 1. The average Bonchev–Trinajstić information content (AvgIpc) is 2.81. The number of rotatable bonds is 6. The lowest BCUT2D eigenvalue weighted by molar-refractivity contribution is 0.0904. The maximum atomic E-state index is 13.2. The number of aliphatic hydroxyl groups is 1. The molecule has 3 aromatic rings. The van der Waals surface area contributed by atoms with Crippen molar-refractivity contribution in [2.45, 2.75) is 19.9 Å². The number of nitrogens with zero attached hydrogens (tertiary/aromatic N) is 3. The summed E-state index contributed by atoms with van der Waals surface area (Å²) in [6, 6.07) is 10.7. The number of ether oxygens (including phenoxy) is 1. The van der Waals surface area contributed by atoms with Crippen molar-refractivity contribution in [2.24, 2.45) is 7.05 Å². The predicted octanol–water partition coefficient (Wildman–Crippen LogP) is 2.43. The molecule has 8 nitrogen and oxygen atoms in total. The van der Waals surface area contributed by atoms with Gasteiger partial charge >= 0.3 is 0 Å². The minimum absolute atomic E-state index is 0.0931. The highest BCUT2D eigenvalue weighted by atomic mass is 16.5. The number of carbonyl (C=O) groups excluding carboxylic acids is 1. The van der Waals surface area contributed by atoms with Gasteiger partial charge in [-0.3, -0.25) is 14.2 Å². The quantitative estimate of drug-likeness (QED) is 0.573. The monoisotopic (exact) mass is 436 g/mol. The van der Waals surface area contributed by atoms with E-state index in [9.17, 15) is 14.7 Å². The third-order valence-corrected chi connectivity index (χ3v) is 5.83. The average molecular weight is 437 g/mol. The number of Topliss-reactive ketones (excluding diaryl/α,β-unsaturated/α-hetero) is 1. The van der Waals surface area contributed by atoms with Crippen LogP contribution in [-0.4, -0.2) is 53.4 Å². The molecule has 4 rings (SSSR count). The van der Waals surface area contributed by atoms with Crippen LogP contribution in [0.1, 0.15) is 34.5 Å². The van der Waals surface area contributed by atoms with Crippen LogP contribution in [0, 0.1) is 6.92 Å². The van der Waals surface area contributed by atoms with E-state index in [4.69, 9.17) is 9.72 Å². The van der Waals surface area contributed by atoms with Crippen LogP contribution in [0.25, 0.3) is 10.9 Å². The zero-order valence-corrected chi connectivity index (χ0v) is 18.6. The Kier molecular flexibility index (Phi) is 6.25. The first-order valence-electron chi connectivity index (χ1n) is 10.7. The maximum Gasteiger partial charge on any atom is 0.262 e. The minimum atomic E-state index is -0.555. The number of para-hydroxylation sites is 1. The van der Waals surface area contributed by atoms with Crippen molar-refractivity contribution in [1.82, 2.24) is 9.55 Å². The van der Waals surface area contributed by atoms with Crippen LogP contribution < -0.4 is 15.8 Å². The molecule has 2 heterocycles. The zero-order valence-electron chi connectivity index (χ0n) is 18.6. The van der Waals surface area contributed by atoms with E-state index in [0.717, 1.165) is 11.1 Å². The molecule has 0 aliphatic carbocycles. The first kappa shape index (κ1) is 22.0. The van der Waals surface area contributed by atoms with E-state index in [1.165, 1.54) is 0 Å². The Hall–Kier alpha value is -3.23. The van der Waals surface area contributed by atoms with E-state index in [2.05, 4.69) is 10.2 Å². The van der Waals surface area contributed by atoms with Gasteiger partial charge in [-0.25, -0.2) is 4.98 Å². The van der Waals surface area contributed by atoms with Crippen molar-refractivity contribution in [3.05, 3.63) is 63.4 Å². The molecule has 168 valence electrons. The van der Waals surface area contributed by atoms with Crippen LogP contribution in [0.3, 0.4) is 0 Å². The molecule has 0 amide bonds. The van der Waals surface area contributed by atoms with Gasteiger partial charge in [0.15, 0.2) is 5.78 Å². The van der Waals surface area contributed by atoms with Crippen molar-refractivity contribution < 1.29 is 14.6 Å². The number of nitrogens with one attached hydrogen (secondary N) is 1. The molecule has 2 aromatic carbocycles. The van der Waals surface area contributed by atoms with Gasteiger partial charge in [0.1, 0.15) is 6.61 Å². The fraction of sp³-hybridized carbons (Fsp3) is 0.375. The largest absolute Gasteiger partial charge is 0.388 e. The Morgan fingerprint density at radius 2 is 1.97 bits per heavy atom. The highest BCUT2D eigenvalue weighted by Gasteiger charge is 2.21. The summed E-state index contributed by atoms with van der Waals surface area (Å²) in [4.78, 5) is 32.4. The molecule has 1 aliphatic heterocycles. The zero-order chi connectivity index (χ0) is 22.8. The van der Waals surface area contributed by atoms with Gasteiger partial charge in [0, 0.05) is 37.0 Å². The summed E-state index contributed by atoms with van der Waals surface area (Å²) >= 11 is 0. The van der Waals surface area contributed by atoms with Gasteiger partial charge in [-0.05, 0) is 37.6 Å². The van der Waals surface area contributed by atoms with E-state index in [0.29, 0.717) is 54.4 Å². The third kappa shape index (κ3) is 4.11. The van der Waals surface area contributed by atoms with Gasteiger partial charge in [-0.1, -0.05) is 18.2 Å². The van der Waals surface area contributed by atoms with Crippen molar-refractivity contribution in [3.63, 3.8) is 0 Å². The Bertz CT molecular complexity index is 1210. The van der Waals surface area contributed by atoms with E-state index < -0.39 is 6.61 Å². The standard InChI is InChI=1S/C24H28N4O4/c1-15-12-18(16(2)25-20-7-5-4-6-17(20)21(30)14-29)22-19(13-15)23(31)27(3)24(26-22)28-8-10-32-11-9-28/h4-7,12-13,16,25,29H,8-11,14H2,1-3H3. The minimum Gasteiger partial charge on any atom is -0.388 e. The number of anilines is 2. The molecule has 32 heavy (non-hydrogen) atoms. The number of aliphatic hydroxyl groups excluding tert-OH is 1. The van der Waals surface area contributed by atoms with Crippen LogP contribution in [0.4, 0.5) is 11.6 Å². The summed E-state index contributed by atoms with van der Waals surface area (Å²) in [5.41, 5.74) is 3.44. The number of benzene rings is 2.